The first-order valence-corrected chi connectivity index (χ1v) is 5.09. The van der Waals surface area contributed by atoms with Crippen molar-refractivity contribution in [3.8, 4) is 11.5 Å². The van der Waals surface area contributed by atoms with E-state index in [1.165, 1.54) is 0 Å². The number of H-pyrrole nitrogens is 1. The average Bonchev–Trinajstić information content (AvgIpc) is 2.71. The molecule has 0 spiro atoms. The molecule has 0 amide bonds. The number of aromatic amines is 1. The highest BCUT2D eigenvalue weighted by atomic mass is 16.7. The molecule has 2 aromatic rings. The third kappa shape index (κ3) is 1.13. The molecule has 1 aliphatic heterocycles. The van der Waals surface area contributed by atoms with Gasteiger partial charge in [0, 0.05) is 22.7 Å². The van der Waals surface area contributed by atoms with Gasteiger partial charge < -0.3 is 14.5 Å². The van der Waals surface area contributed by atoms with Gasteiger partial charge in [0.2, 0.25) is 6.79 Å². The van der Waals surface area contributed by atoms with E-state index in [0.717, 1.165) is 16.8 Å². The molecule has 0 fully saturated rings. The van der Waals surface area contributed by atoms with Gasteiger partial charge in [0.15, 0.2) is 16.9 Å². The Morgan fingerprint density at radius 1 is 1.19 bits per heavy atom. The summed E-state index contributed by atoms with van der Waals surface area (Å²) in [5.41, 5.74) is 2.46. The third-order valence-electron chi connectivity index (χ3n) is 2.98. The number of aromatic nitrogens is 1. The molecule has 1 aromatic heterocycles. The normalized spacial score (nSPS) is 13.4. The van der Waals surface area contributed by atoms with Crippen LogP contribution in [-0.4, -0.2) is 11.8 Å². The van der Waals surface area contributed by atoms with Gasteiger partial charge >= 0.3 is 0 Å². The minimum absolute atomic E-state index is 0.0459. The third-order valence-corrected chi connectivity index (χ3v) is 2.98. The molecule has 82 valence electrons. The van der Waals surface area contributed by atoms with Crippen molar-refractivity contribution in [1.82, 2.24) is 4.98 Å². The number of ether oxygens (including phenoxy) is 2. The molecule has 4 heteroatoms. The van der Waals surface area contributed by atoms with Crippen molar-refractivity contribution in [2.45, 2.75) is 13.8 Å². The van der Waals surface area contributed by atoms with E-state index in [9.17, 15) is 4.79 Å². The van der Waals surface area contributed by atoms with Gasteiger partial charge in [0.1, 0.15) is 0 Å². The second kappa shape index (κ2) is 3.01. The van der Waals surface area contributed by atoms with Gasteiger partial charge in [-0.1, -0.05) is 0 Å². The molecule has 0 atom stereocenters. The maximum atomic E-state index is 12.0. The SMILES string of the molecule is Cc1[nH]c2cc3c(cc2c(=O)c1C)OCO3. The Morgan fingerprint density at radius 3 is 2.62 bits per heavy atom. The number of hydrogen-bond donors (Lipinski definition) is 1. The zero-order valence-electron chi connectivity index (χ0n) is 9.09. The quantitative estimate of drug-likeness (QED) is 0.733. The monoisotopic (exact) mass is 217 g/mol. The van der Waals surface area contributed by atoms with Crippen molar-refractivity contribution in [3.63, 3.8) is 0 Å². The average molecular weight is 217 g/mol. The van der Waals surface area contributed by atoms with E-state index in [2.05, 4.69) is 4.98 Å². The number of aryl methyl sites for hydroxylation is 1. The number of hydrogen-bond acceptors (Lipinski definition) is 3. The smallest absolute Gasteiger partial charge is 0.231 e. The maximum Gasteiger partial charge on any atom is 0.231 e. The van der Waals surface area contributed by atoms with Crippen molar-refractivity contribution in [1.29, 1.82) is 0 Å². The molecule has 0 unspecified atom stereocenters. The summed E-state index contributed by atoms with van der Waals surface area (Å²) in [5.74, 6) is 1.33. The highest BCUT2D eigenvalue weighted by Crippen LogP contribution is 2.34. The van der Waals surface area contributed by atoms with E-state index in [1.807, 2.05) is 19.9 Å². The van der Waals surface area contributed by atoms with Gasteiger partial charge in [0.25, 0.3) is 0 Å². The Kier molecular flexibility index (Phi) is 1.74. The molecule has 4 nitrogen and oxygen atoms in total. The molecule has 0 saturated carbocycles. The van der Waals surface area contributed by atoms with Crippen LogP contribution < -0.4 is 14.9 Å². The minimum Gasteiger partial charge on any atom is -0.454 e. The second-order valence-corrected chi connectivity index (χ2v) is 3.96. The van der Waals surface area contributed by atoms with Gasteiger partial charge in [-0.3, -0.25) is 4.79 Å². The van der Waals surface area contributed by atoms with Crippen LogP contribution in [0.5, 0.6) is 11.5 Å². The van der Waals surface area contributed by atoms with Gasteiger partial charge in [-0.2, -0.15) is 0 Å². The molecular weight excluding hydrogens is 206 g/mol. The Labute approximate surface area is 91.8 Å². The van der Waals surface area contributed by atoms with Crippen molar-refractivity contribution < 1.29 is 9.47 Å². The molecule has 1 N–H and O–H groups in total. The lowest BCUT2D eigenvalue weighted by Gasteiger charge is -2.05. The number of benzene rings is 1. The van der Waals surface area contributed by atoms with Gasteiger partial charge in [-0.05, 0) is 19.9 Å². The van der Waals surface area contributed by atoms with Crippen LogP contribution in [0, 0.1) is 13.8 Å². The van der Waals surface area contributed by atoms with E-state index in [0.29, 0.717) is 16.9 Å². The Bertz CT molecular complexity index is 643. The fourth-order valence-electron chi connectivity index (χ4n) is 1.90. The molecule has 3 rings (SSSR count). The zero-order chi connectivity index (χ0) is 11.3. The summed E-state index contributed by atoms with van der Waals surface area (Å²) in [6, 6.07) is 3.55. The van der Waals surface area contributed by atoms with Crippen LogP contribution in [0.15, 0.2) is 16.9 Å². The van der Waals surface area contributed by atoms with Gasteiger partial charge in [-0.25, -0.2) is 0 Å². The summed E-state index contributed by atoms with van der Waals surface area (Å²) in [6.07, 6.45) is 0. The van der Waals surface area contributed by atoms with Crippen LogP contribution in [-0.2, 0) is 0 Å². The largest absolute Gasteiger partial charge is 0.454 e. The zero-order valence-corrected chi connectivity index (χ0v) is 9.09. The summed E-state index contributed by atoms with van der Waals surface area (Å²) in [5, 5.41) is 0.646. The van der Waals surface area contributed by atoms with E-state index >= 15 is 0 Å². The van der Waals surface area contributed by atoms with Crippen molar-refractivity contribution in [2.75, 3.05) is 6.79 Å². The predicted octanol–water partition coefficient (Wildman–Crippen LogP) is 1.87. The first kappa shape index (κ1) is 9.27. The summed E-state index contributed by atoms with van der Waals surface area (Å²) in [6.45, 7) is 3.93. The summed E-state index contributed by atoms with van der Waals surface area (Å²) in [4.78, 5) is 15.2. The van der Waals surface area contributed by atoms with E-state index < -0.39 is 0 Å². The Hall–Kier alpha value is -1.97. The summed E-state index contributed by atoms with van der Waals surface area (Å²) in [7, 11) is 0. The highest BCUT2D eigenvalue weighted by molar-refractivity contribution is 5.83. The molecule has 16 heavy (non-hydrogen) atoms. The van der Waals surface area contributed by atoms with Gasteiger partial charge in [-0.15, -0.1) is 0 Å². The van der Waals surface area contributed by atoms with E-state index in [1.54, 1.807) is 6.07 Å². The lowest BCUT2D eigenvalue weighted by Crippen LogP contribution is -2.09. The topological polar surface area (TPSA) is 51.3 Å². The van der Waals surface area contributed by atoms with Crippen molar-refractivity contribution in [3.05, 3.63) is 33.6 Å². The molecular formula is C12H11NO3. The second-order valence-electron chi connectivity index (χ2n) is 3.96. The molecule has 0 aliphatic carbocycles. The summed E-state index contributed by atoms with van der Waals surface area (Å²) >= 11 is 0. The van der Waals surface area contributed by atoms with E-state index in [-0.39, 0.29) is 12.2 Å². The van der Waals surface area contributed by atoms with Crippen LogP contribution in [0.25, 0.3) is 10.9 Å². The molecule has 0 saturated heterocycles. The number of fused-ring (bicyclic) bond motifs is 2. The molecule has 1 aliphatic rings. The summed E-state index contributed by atoms with van der Waals surface area (Å²) < 4.78 is 10.5. The molecule has 0 bridgehead atoms. The highest BCUT2D eigenvalue weighted by Gasteiger charge is 2.16. The number of rotatable bonds is 0. The van der Waals surface area contributed by atoms with Gasteiger partial charge in [0.05, 0.1) is 5.52 Å². The predicted molar refractivity (Wildman–Crippen MR) is 60.2 cm³/mol. The minimum atomic E-state index is 0.0459. The number of pyridine rings is 1. The maximum absolute atomic E-state index is 12.0. The Balaban J connectivity index is 2.45. The van der Waals surface area contributed by atoms with Crippen molar-refractivity contribution >= 4 is 10.9 Å². The molecule has 0 radical (unpaired) electrons. The van der Waals surface area contributed by atoms with Crippen LogP contribution >= 0.6 is 0 Å². The van der Waals surface area contributed by atoms with Crippen LogP contribution in [0.3, 0.4) is 0 Å². The number of nitrogens with one attached hydrogen (secondary N) is 1. The first-order valence-electron chi connectivity index (χ1n) is 5.09. The molecule has 2 heterocycles. The van der Waals surface area contributed by atoms with Crippen LogP contribution in [0.2, 0.25) is 0 Å². The van der Waals surface area contributed by atoms with Crippen LogP contribution in [0.4, 0.5) is 0 Å². The van der Waals surface area contributed by atoms with E-state index in [4.69, 9.17) is 9.47 Å². The van der Waals surface area contributed by atoms with Crippen molar-refractivity contribution in [2.24, 2.45) is 0 Å². The fraction of sp³-hybridized carbons (Fsp3) is 0.250. The lowest BCUT2D eigenvalue weighted by molar-refractivity contribution is 0.174. The fourth-order valence-corrected chi connectivity index (χ4v) is 1.90. The molecule has 1 aromatic carbocycles. The van der Waals surface area contributed by atoms with Crippen LogP contribution in [0.1, 0.15) is 11.3 Å². The lowest BCUT2D eigenvalue weighted by atomic mass is 10.1. The standard InChI is InChI=1S/C12H11NO3/c1-6-7(2)13-9-4-11-10(15-5-16-11)3-8(9)12(6)14/h3-4H,5H2,1-2H3,(H,13,14). The Morgan fingerprint density at radius 2 is 1.88 bits per heavy atom. The first-order chi connectivity index (χ1) is 7.66.